The summed E-state index contributed by atoms with van der Waals surface area (Å²) in [7, 11) is 3.02. The maximum Gasteiger partial charge on any atom is 0.271 e. The van der Waals surface area contributed by atoms with Crippen LogP contribution in [0.25, 0.3) is 26.5 Å². The minimum atomic E-state index is -0.765. The summed E-state index contributed by atoms with van der Waals surface area (Å²) in [5.41, 5.74) is 2.28. The minimum absolute atomic E-state index is 0. The zero-order valence-electron chi connectivity index (χ0n) is 26.2. The molecule has 0 aliphatic carbocycles. The largest absolute Gasteiger partial charge is 0.496 e. The molecule has 14 heteroatoms. The summed E-state index contributed by atoms with van der Waals surface area (Å²) < 4.78 is 33.7. The summed E-state index contributed by atoms with van der Waals surface area (Å²) in [6.07, 6.45) is 4.91. The Labute approximate surface area is 295 Å². The number of hydrogen-bond acceptors (Lipinski definition) is 9. The van der Waals surface area contributed by atoms with E-state index in [1.807, 2.05) is 24.4 Å². The average Bonchev–Trinajstić information content (AvgIpc) is 3.54. The van der Waals surface area contributed by atoms with Crippen LogP contribution in [0.5, 0.6) is 17.2 Å². The number of pyridine rings is 3. The Morgan fingerprint density at radius 1 is 0.980 bits per heavy atom. The van der Waals surface area contributed by atoms with Gasteiger partial charge in [-0.25, -0.2) is 4.39 Å². The second kappa shape index (κ2) is 16.0. The number of carbonyl (C=O) groups is 1. The van der Waals surface area contributed by atoms with Crippen LogP contribution in [-0.4, -0.2) is 47.8 Å². The first-order valence-corrected chi connectivity index (χ1v) is 15.9. The van der Waals surface area contributed by atoms with Gasteiger partial charge in [-0.05, 0) is 60.2 Å². The van der Waals surface area contributed by atoms with Crippen LogP contribution in [0.15, 0.2) is 96.2 Å². The molecule has 4 heterocycles. The minimum Gasteiger partial charge on any atom is -0.496 e. The summed E-state index contributed by atoms with van der Waals surface area (Å²) in [5, 5.41) is 6.39. The fraction of sp³-hybridized carbons (Fsp3) is 0.143. The second-order valence-electron chi connectivity index (χ2n) is 10.5. The number of thiophene rings is 1. The molecule has 2 aromatic carbocycles. The predicted molar refractivity (Wildman–Crippen MR) is 192 cm³/mol. The van der Waals surface area contributed by atoms with Gasteiger partial charge in [0.1, 0.15) is 17.1 Å². The molecule has 6 aromatic rings. The molecule has 6 rings (SSSR count). The lowest BCUT2D eigenvalue weighted by atomic mass is 10.2. The molecule has 0 unspecified atom stereocenters. The van der Waals surface area contributed by atoms with E-state index in [1.54, 1.807) is 43.6 Å². The van der Waals surface area contributed by atoms with Gasteiger partial charge in [0.2, 0.25) is 0 Å². The molecule has 0 bridgehead atoms. The normalized spacial score (nSPS) is 10.9. The average molecular weight is 723 g/mol. The number of carbonyl (C=O) groups excluding carboxylic acids is 1. The number of benzene rings is 2. The highest BCUT2D eigenvalue weighted by molar-refractivity contribution is 7.22. The lowest BCUT2D eigenvalue weighted by molar-refractivity contribution is 0.102. The van der Waals surface area contributed by atoms with Crippen molar-refractivity contribution in [2.45, 2.75) is 6.54 Å². The van der Waals surface area contributed by atoms with Gasteiger partial charge in [-0.2, -0.15) is 0 Å². The first-order chi connectivity index (χ1) is 23.3. The summed E-state index contributed by atoms with van der Waals surface area (Å²) in [5.74, 6) is -1.05. The highest BCUT2D eigenvalue weighted by atomic mass is 35.5. The number of ether oxygens (including phenoxy) is 3. The van der Waals surface area contributed by atoms with Crippen molar-refractivity contribution in [2.24, 2.45) is 0 Å². The summed E-state index contributed by atoms with van der Waals surface area (Å²) in [6, 6.07) is 19.6. The lowest BCUT2D eigenvalue weighted by Gasteiger charge is -2.13. The fourth-order valence-electron chi connectivity index (χ4n) is 4.88. The van der Waals surface area contributed by atoms with E-state index in [0.29, 0.717) is 35.1 Å². The maximum absolute atomic E-state index is 15.4. The van der Waals surface area contributed by atoms with Crippen molar-refractivity contribution in [3.63, 3.8) is 0 Å². The summed E-state index contributed by atoms with van der Waals surface area (Å²) in [6.45, 7) is 2.06. The van der Waals surface area contributed by atoms with Crippen molar-refractivity contribution in [1.29, 1.82) is 0 Å². The van der Waals surface area contributed by atoms with Crippen LogP contribution >= 0.6 is 35.3 Å². The maximum atomic E-state index is 15.4. The Morgan fingerprint density at radius 2 is 1.80 bits per heavy atom. The van der Waals surface area contributed by atoms with Gasteiger partial charge in [0.25, 0.3) is 11.5 Å². The van der Waals surface area contributed by atoms with E-state index in [1.165, 1.54) is 47.4 Å². The highest BCUT2D eigenvalue weighted by Gasteiger charge is 2.21. The molecule has 0 atom stereocenters. The topological polar surface area (TPSA) is 117 Å². The standard InChI is InChI=1S/C35H29ClFN5O5S.ClH/c1-45-16-14-38-19-21-3-9-26(40-20-21)31-18-27-33(48-31)30(11-13-39-27)47-28-10-6-23(17-25(28)37)41-34(43)32-29(46-2)12-15-42(35(32)44)24-7-4-22(36)5-8-24;/h3-13,15,17-18,20,38H,14,16,19H2,1-2H3,(H,41,43);1H. The zero-order valence-corrected chi connectivity index (χ0v) is 28.6. The van der Waals surface area contributed by atoms with E-state index < -0.39 is 17.3 Å². The van der Waals surface area contributed by atoms with Crippen molar-refractivity contribution in [3.8, 4) is 33.5 Å². The zero-order chi connectivity index (χ0) is 33.6. The van der Waals surface area contributed by atoms with Crippen molar-refractivity contribution in [2.75, 3.05) is 32.7 Å². The molecule has 0 aliphatic rings. The number of amides is 1. The molecule has 252 valence electrons. The van der Waals surface area contributed by atoms with Crippen LogP contribution < -0.4 is 25.7 Å². The molecule has 0 fully saturated rings. The van der Waals surface area contributed by atoms with Gasteiger partial charge in [-0.1, -0.05) is 17.7 Å². The Bertz CT molecular complexity index is 2140. The first kappa shape index (κ1) is 35.5. The lowest BCUT2D eigenvalue weighted by Crippen LogP contribution is -2.28. The SMILES string of the molecule is COCCNCc1ccc(-c2cc3nccc(Oc4ccc(NC(=O)c5c(OC)ccn(-c6ccc(Cl)cc6)c5=O)cc4F)c3s2)nc1.Cl. The van der Waals surface area contributed by atoms with Gasteiger partial charge >= 0.3 is 0 Å². The van der Waals surface area contributed by atoms with Crippen molar-refractivity contribution in [3.05, 3.63) is 124 Å². The number of methoxy groups -OCH3 is 2. The molecular weight excluding hydrogens is 692 g/mol. The number of aromatic nitrogens is 3. The molecule has 4 aromatic heterocycles. The van der Waals surface area contributed by atoms with Crippen LogP contribution in [0.1, 0.15) is 15.9 Å². The van der Waals surface area contributed by atoms with Crippen LogP contribution in [0.4, 0.5) is 10.1 Å². The number of rotatable bonds is 12. The van der Waals surface area contributed by atoms with Crippen molar-refractivity contribution in [1.82, 2.24) is 19.9 Å². The van der Waals surface area contributed by atoms with Crippen molar-refractivity contribution >= 4 is 57.2 Å². The van der Waals surface area contributed by atoms with Crippen LogP contribution in [-0.2, 0) is 11.3 Å². The third-order valence-electron chi connectivity index (χ3n) is 7.28. The first-order valence-electron chi connectivity index (χ1n) is 14.7. The van der Waals surface area contributed by atoms with E-state index in [0.717, 1.165) is 33.4 Å². The number of fused-ring (bicyclic) bond motifs is 1. The van der Waals surface area contributed by atoms with E-state index in [9.17, 15) is 9.59 Å². The van der Waals surface area contributed by atoms with Crippen molar-refractivity contribution < 1.29 is 23.4 Å². The van der Waals surface area contributed by atoms with Crippen LogP contribution in [0.3, 0.4) is 0 Å². The summed E-state index contributed by atoms with van der Waals surface area (Å²) >= 11 is 7.42. The smallest absolute Gasteiger partial charge is 0.271 e. The van der Waals surface area contributed by atoms with Gasteiger partial charge in [-0.3, -0.25) is 24.1 Å². The van der Waals surface area contributed by atoms with Gasteiger partial charge < -0.3 is 24.8 Å². The number of halogens is 3. The molecule has 2 N–H and O–H groups in total. The van der Waals surface area contributed by atoms with Crippen LogP contribution in [0, 0.1) is 5.82 Å². The third-order valence-corrected chi connectivity index (χ3v) is 8.69. The Balaban J connectivity index is 0.00000468. The highest BCUT2D eigenvalue weighted by Crippen LogP contribution is 2.39. The molecule has 0 aliphatic heterocycles. The molecule has 0 radical (unpaired) electrons. The number of nitrogens with one attached hydrogen (secondary N) is 2. The summed E-state index contributed by atoms with van der Waals surface area (Å²) in [4.78, 5) is 36.6. The van der Waals surface area contributed by atoms with E-state index in [2.05, 4.69) is 20.6 Å². The second-order valence-corrected chi connectivity index (χ2v) is 12.0. The molecule has 0 saturated heterocycles. The quantitative estimate of drug-likeness (QED) is 0.125. The monoisotopic (exact) mass is 721 g/mol. The Kier molecular flexibility index (Phi) is 11.6. The number of nitrogens with zero attached hydrogens (tertiary/aromatic N) is 3. The fourth-order valence-corrected chi connectivity index (χ4v) is 6.05. The molecule has 1 amide bonds. The van der Waals surface area contributed by atoms with E-state index in [4.69, 9.17) is 25.8 Å². The predicted octanol–water partition coefficient (Wildman–Crippen LogP) is 7.51. The number of hydrogen-bond donors (Lipinski definition) is 2. The van der Waals surface area contributed by atoms with Gasteiger partial charge in [0.05, 0.1) is 34.5 Å². The Morgan fingerprint density at radius 3 is 2.51 bits per heavy atom. The molecule has 0 spiro atoms. The molecule has 0 saturated carbocycles. The number of anilines is 1. The van der Waals surface area contributed by atoms with Gasteiger partial charge in [0, 0.05) is 67.3 Å². The molecule has 49 heavy (non-hydrogen) atoms. The molecule has 10 nitrogen and oxygen atoms in total. The van der Waals surface area contributed by atoms with Gasteiger partial charge in [0.15, 0.2) is 11.6 Å². The third kappa shape index (κ3) is 8.07. The van der Waals surface area contributed by atoms with E-state index in [-0.39, 0.29) is 35.2 Å². The van der Waals surface area contributed by atoms with Gasteiger partial charge in [-0.15, -0.1) is 23.7 Å². The van der Waals surface area contributed by atoms with E-state index >= 15 is 4.39 Å². The Hall–Kier alpha value is -4.85. The van der Waals surface area contributed by atoms with Crippen LogP contribution in [0.2, 0.25) is 5.02 Å². The molecular formula is C35H30Cl2FN5O5S.